The quantitative estimate of drug-likeness (QED) is 0.632. The number of amidine groups is 1. The Balaban J connectivity index is 2.73. The number of primary amides is 1. The number of carbonyl (C=O) groups is 2. The van der Waals surface area contributed by atoms with E-state index in [0.717, 1.165) is 6.42 Å². The largest absolute Gasteiger partial charge is 0.385 e. The summed E-state index contributed by atoms with van der Waals surface area (Å²) in [7, 11) is 0. The highest BCUT2D eigenvalue weighted by Gasteiger charge is 2.33. The summed E-state index contributed by atoms with van der Waals surface area (Å²) in [6.07, 6.45) is 0.838. The molecule has 0 saturated carbocycles. The van der Waals surface area contributed by atoms with Crippen LogP contribution in [0.5, 0.6) is 0 Å². The zero-order valence-electron chi connectivity index (χ0n) is 8.06. The van der Waals surface area contributed by atoms with E-state index in [9.17, 15) is 9.59 Å². The minimum atomic E-state index is -0.482. The van der Waals surface area contributed by atoms with Crippen molar-refractivity contribution in [1.29, 1.82) is 0 Å². The van der Waals surface area contributed by atoms with Gasteiger partial charge in [0.25, 0.3) is 0 Å². The Hall–Kier alpha value is -1.59. The number of amides is 3. The average molecular weight is 198 g/mol. The molecule has 1 unspecified atom stereocenters. The van der Waals surface area contributed by atoms with Gasteiger partial charge in [-0.05, 0) is 6.42 Å². The Morgan fingerprint density at radius 3 is 2.79 bits per heavy atom. The van der Waals surface area contributed by atoms with Crippen LogP contribution >= 0.6 is 0 Å². The van der Waals surface area contributed by atoms with E-state index in [0.29, 0.717) is 6.54 Å². The number of carbonyl (C=O) groups excluding carboxylic acids is 2. The highest BCUT2D eigenvalue weighted by molar-refractivity contribution is 6.04. The van der Waals surface area contributed by atoms with Crippen LogP contribution in [0.2, 0.25) is 0 Å². The van der Waals surface area contributed by atoms with E-state index < -0.39 is 11.9 Å². The van der Waals surface area contributed by atoms with E-state index in [1.165, 1.54) is 4.90 Å². The van der Waals surface area contributed by atoms with Crippen LogP contribution in [-0.2, 0) is 4.79 Å². The van der Waals surface area contributed by atoms with Gasteiger partial charge in [-0.1, -0.05) is 6.92 Å². The van der Waals surface area contributed by atoms with Gasteiger partial charge >= 0.3 is 6.03 Å². The van der Waals surface area contributed by atoms with Gasteiger partial charge in [-0.15, -0.1) is 0 Å². The summed E-state index contributed by atoms with van der Waals surface area (Å²) in [6, 6.07) is -0.824. The Bertz CT molecular complexity index is 287. The second-order valence-corrected chi connectivity index (χ2v) is 3.20. The van der Waals surface area contributed by atoms with Gasteiger partial charge in [0.15, 0.2) is 0 Å². The summed E-state index contributed by atoms with van der Waals surface area (Å²) in [5.41, 5.74) is 10.6. The molecule has 0 bridgehead atoms. The number of aliphatic imine (C=N–C) groups is 1. The molecule has 1 heterocycles. The second kappa shape index (κ2) is 4.08. The highest BCUT2D eigenvalue weighted by atomic mass is 16.2. The molecule has 3 amide bonds. The maximum absolute atomic E-state index is 11.3. The molecule has 0 aromatic heterocycles. The normalized spacial score (nSPS) is 21.2. The Labute approximate surface area is 81.9 Å². The van der Waals surface area contributed by atoms with Crippen LogP contribution in [0, 0.1) is 0 Å². The first-order valence-electron chi connectivity index (χ1n) is 4.49. The van der Waals surface area contributed by atoms with Crippen molar-refractivity contribution in [3.05, 3.63) is 0 Å². The predicted octanol–water partition coefficient (Wildman–Crippen LogP) is -0.567. The molecule has 0 radical (unpaired) electrons. The van der Waals surface area contributed by atoms with Crippen molar-refractivity contribution in [2.45, 2.75) is 25.8 Å². The first kappa shape index (κ1) is 10.5. The Morgan fingerprint density at radius 1 is 1.64 bits per heavy atom. The minimum absolute atomic E-state index is 0.0427. The fourth-order valence-electron chi connectivity index (χ4n) is 1.44. The smallest absolute Gasteiger partial charge is 0.345 e. The molecule has 0 spiro atoms. The molecule has 1 atom stereocenters. The summed E-state index contributed by atoms with van der Waals surface area (Å²) in [4.78, 5) is 27.1. The van der Waals surface area contributed by atoms with Gasteiger partial charge in [0.1, 0.15) is 5.84 Å². The third-order valence-electron chi connectivity index (χ3n) is 2.05. The Morgan fingerprint density at radius 2 is 2.29 bits per heavy atom. The predicted molar refractivity (Wildman–Crippen MR) is 51.6 cm³/mol. The molecule has 6 nitrogen and oxygen atoms in total. The fourth-order valence-corrected chi connectivity index (χ4v) is 1.44. The SMILES string of the molecule is CCCN1C(=O)N=C(N)C1CC(N)=O. The van der Waals surface area contributed by atoms with E-state index in [1.54, 1.807) is 0 Å². The lowest BCUT2D eigenvalue weighted by atomic mass is 10.1. The molecule has 6 heteroatoms. The molecule has 0 aliphatic carbocycles. The molecule has 1 aliphatic rings. The molecule has 14 heavy (non-hydrogen) atoms. The van der Waals surface area contributed by atoms with Gasteiger partial charge in [-0.25, -0.2) is 4.79 Å². The monoisotopic (exact) mass is 198 g/mol. The molecule has 0 aromatic rings. The molecular weight excluding hydrogens is 184 g/mol. The standard InChI is InChI=1S/C8H14N4O2/c1-2-3-12-5(4-6(9)13)7(10)11-8(12)14/h5H,2-4H2,1H3,(H2,9,13)(H2,10,11,14). The van der Waals surface area contributed by atoms with E-state index in [2.05, 4.69) is 4.99 Å². The average Bonchev–Trinajstić information content (AvgIpc) is 2.31. The lowest BCUT2D eigenvalue weighted by molar-refractivity contribution is -0.118. The topological polar surface area (TPSA) is 102 Å². The molecule has 0 aromatic carbocycles. The number of urea groups is 1. The third-order valence-corrected chi connectivity index (χ3v) is 2.05. The van der Waals surface area contributed by atoms with Crippen LogP contribution in [0.4, 0.5) is 4.79 Å². The van der Waals surface area contributed by atoms with E-state index in [1.807, 2.05) is 6.92 Å². The fraction of sp³-hybridized carbons (Fsp3) is 0.625. The van der Waals surface area contributed by atoms with Gasteiger partial charge in [0, 0.05) is 6.54 Å². The van der Waals surface area contributed by atoms with Crippen LogP contribution in [0.1, 0.15) is 19.8 Å². The zero-order chi connectivity index (χ0) is 10.7. The third kappa shape index (κ3) is 2.01. The lowest BCUT2D eigenvalue weighted by Gasteiger charge is -2.22. The van der Waals surface area contributed by atoms with Crippen molar-refractivity contribution in [2.24, 2.45) is 16.5 Å². The van der Waals surface area contributed by atoms with E-state index >= 15 is 0 Å². The molecule has 4 N–H and O–H groups in total. The lowest BCUT2D eigenvalue weighted by Crippen LogP contribution is -2.43. The summed E-state index contributed by atoms with van der Waals surface area (Å²) < 4.78 is 0. The Kier molecular flexibility index (Phi) is 3.06. The summed E-state index contributed by atoms with van der Waals surface area (Å²) in [5, 5.41) is 0. The molecular formula is C8H14N4O2. The molecule has 0 saturated heterocycles. The minimum Gasteiger partial charge on any atom is -0.385 e. The summed E-state index contributed by atoms with van der Waals surface area (Å²) in [5.74, 6) is -0.300. The second-order valence-electron chi connectivity index (χ2n) is 3.20. The van der Waals surface area contributed by atoms with Gasteiger partial charge in [0.05, 0.1) is 12.5 Å². The number of hydrogen-bond acceptors (Lipinski definition) is 3. The van der Waals surface area contributed by atoms with Crippen molar-refractivity contribution < 1.29 is 9.59 Å². The van der Waals surface area contributed by atoms with E-state index in [-0.39, 0.29) is 18.3 Å². The van der Waals surface area contributed by atoms with Gasteiger partial charge in [-0.3, -0.25) is 4.79 Å². The molecule has 1 rings (SSSR count). The van der Waals surface area contributed by atoms with Gasteiger partial charge < -0.3 is 16.4 Å². The van der Waals surface area contributed by atoms with Crippen molar-refractivity contribution in [3.8, 4) is 0 Å². The van der Waals surface area contributed by atoms with Crippen molar-refractivity contribution in [1.82, 2.24) is 4.90 Å². The number of nitrogens with zero attached hydrogens (tertiary/aromatic N) is 2. The molecule has 0 fully saturated rings. The van der Waals surface area contributed by atoms with Crippen LogP contribution in [0.3, 0.4) is 0 Å². The molecule has 1 aliphatic heterocycles. The summed E-state index contributed by atoms with van der Waals surface area (Å²) in [6.45, 7) is 2.48. The van der Waals surface area contributed by atoms with Crippen molar-refractivity contribution >= 4 is 17.8 Å². The number of rotatable bonds is 4. The van der Waals surface area contributed by atoms with Crippen LogP contribution in [0.15, 0.2) is 4.99 Å². The van der Waals surface area contributed by atoms with E-state index in [4.69, 9.17) is 11.5 Å². The van der Waals surface area contributed by atoms with Crippen LogP contribution in [-0.4, -0.2) is 35.3 Å². The van der Waals surface area contributed by atoms with Crippen molar-refractivity contribution in [2.75, 3.05) is 6.54 Å². The van der Waals surface area contributed by atoms with Crippen LogP contribution in [0.25, 0.3) is 0 Å². The van der Waals surface area contributed by atoms with Gasteiger partial charge in [0.2, 0.25) is 5.91 Å². The zero-order valence-corrected chi connectivity index (χ0v) is 8.06. The van der Waals surface area contributed by atoms with Crippen LogP contribution < -0.4 is 11.5 Å². The molecule has 78 valence electrons. The maximum atomic E-state index is 11.3. The maximum Gasteiger partial charge on any atom is 0.345 e. The van der Waals surface area contributed by atoms with Crippen molar-refractivity contribution in [3.63, 3.8) is 0 Å². The number of nitrogens with two attached hydrogens (primary N) is 2. The first-order chi connectivity index (χ1) is 6.56. The summed E-state index contributed by atoms with van der Waals surface area (Å²) >= 11 is 0. The number of hydrogen-bond donors (Lipinski definition) is 2. The first-order valence-corrected chi connectivity index (χ1v) is 4.49. The van der Waals surface area contributed by atoms with Gasteiger partial charge in [-0.2, -0.15) is 4.99 Å². The highest BCUT2D eigenvalue weighted by Crippen LogP contribution is 2.14.